The third kappa shape index (κ3) is 22.6. The summed E-state index contributed by atoms with van der Waals surface area (Å²) in [6, 6.07) is 0. The van der Waals surface area contributed by atoms with E-state index in [9.17, 15) is 4.57 Å². The molecule has 0 aromatic heterocycles. The fraction of sp³-hybridized carbons (Fsp3) is 1.00. The molecule has 0 aliphatic heterocycles. The van der Waals surface area contributed by atoms with Gasteiger partial charge in [0.15, 0.2) is 0 Å². The third-order valence-electron chi connectivity index (χ3n) is 4.29. The zero-order valence-corrected chi connectivity index (χ0v) is 17.7. The molecule has 0 aliphatic rings. The molecular weight excluding hydrogens is 391 g/mol. The number of halogens is 1. The van der Waals surface area contributed by atoms with Crippen LogP contribution in [0, 0.1) is 0 Å². The van der Waals surface area contributed by atoms with Crippen LogP contribution in [0.15, 0.2) is 0 Å². The molecule has 0 unspecified atom stereocenters. The van der Waals surface area contributed by atoms with Gasteiger partial charge in [0.1, 0.15) is 0 Å². The quantitative estimate of drug-likeness (QED) is 0.136. The van der Waals surface area contributed by atoms with Gasteiger partial charge in [0.05, 0.1) is 6.61 Å². The SMILES string of the molecule is O=P(O)(O)OCCCCCCCCCCCCCCCCCCBr. The van der Waals surface area contributed by atoms with Gasteiger partial charge < -0.3 is 9.79 Å². The molecule has 24 heavy (non-hydrogen) atoms. The van der Waals surface area contributed by atoms with Gasteiger partial charge >= 0.3 is 7.82 Å². The van der Waals surface area contributed by atoms with Crippen molar-refractivity contribution >= 4 is 23.8 Å². The highest BCUT2D eigenvalue weighted by Crippen LogP contribution is 2.35. The van der Waals surface area contributed by atoms with Crippen LogP contribution in [-0.2, 0) is 9.09 Å². The minimum atomic E-state index is -4.26. The molecule has 6 heteroatoms. The first-order valence-electron chi connectivity index (χ1n) is 9.82. The molecule has 0 saturated heterocycles. The molecule has 0 rings (SSSR count). The van der Waals surface area contributed by atoms with Crippen LogP contribution in [0.2, 0.25) is 0 Å². The van der Waals surface area contributed by atoms with Crippen molar-refractivity contribution in [1.29, 1.82) is 0 Å². The van der Waals surface area contributed by atoms with E-state index in [1.165, 1.54) is 83.5 Å². The number of hydrogen-bond donors (Lipinski definition) is 2. The van der Waals surface area contributed by atoms with Crippen molar-refractivity contribution in [3.05, 3.63) is 0 Å². The first-order valence-corrected chi connectivity index (χ1v) is 12.5. The van der Waals surface area contributed by atoms with E-state index in [1.54, 1.807) is 0 Å². The first kappa shape index (κ1) is 24.6. The molecule has 0 heterocycles. The Morgan fingerprint density at radius 2 is 0.875 bits per heavy atom. The second kappa shape index (κ2) is 18.4. The molecule has 0 bridgehead atoms. The summed E-state index contributed by atoms with van der Waals surface area (Å²) < 4.78 is 14.9. The van der Waals surface area contributed by atoms with Gasteiger partial charge in [-0.25, -0.2) is 4.57 Å². The highest BCUT2D eigenvalue weighted by Gasteiger charge is 2.12. The maximum atomic E-state index is 10.5. The summed E-state index contributed by atoms with van der Waals surface area (Å²) in [5.74, 6) is 0. The van der Waals surface area contributed by atoms with Gasteiger partial charge in [-0.15, -0.1) is 0 Å². The van der Waals surface area contributed by atoms with Crippen LogP contribution in [0.1, 0.15) is 103 Å². The van der Waals surface area contributed by atoms with Crippen LogP contribution < -0.4 is 0 Å². The minimum Gasteiger partial charge on any atom is -0.303 e. The maximum absolute atomic E-state index is 10.5. The van der Waals surface area contributed by atoms with E-state index in [-0.39, 0.29) is 6.61 Å². The van der Waals surface area contributed by atoms with Gasteiger partial charge in [0, 0.05) is 5.33 Å². The van der Waals surface area contributed by atoms with Crippen LogP contribution in [0.4, 0.5) is 0 Å². The maximum Gasteiger partial charge on any atom is 0.469 e. The Kier molecular flexibility index (Phi) is 18.8. The van der Waals surface area contributed by atoms with E-state index in [1.807, 2.05) is 0 Å². The summed E-state index contributed by atoms with van der Waals surface area (Å²) >= 11 is 3.47. The molecule has 0 radical (unpaired) electrons. The predicted molar refractivity (Wildman–Crippen MR) is 106 cm³/mol. The zero-order chi connectivity index (χ0) is 17.9. The van der Waals surface area contributed by atoms with E-state index in [0.29, 0.717) is 0 Å². The van der Waals surface area contributed by atoms with Crippen molar-refractivity contribution in [3.63, 3.8) is 0 Å². The largest absolute Gasteiger partial charge is 0.469 e. The minimum absolute atomic E-state index is 0.167. The number of hydrogen-bond acceptors (Lipinski definition) is 2. The number of alkyl halides is 1. The lowest BCUT2D eigenvalue weighted by Gasteiger charge is -2.05. The summed E-state index contributed by atoms with van der Waals surface area (Å²) in [7, 11) is -4.26. The van der Waals surface area contributed by atoms with E-state index in [4.69, 9.17) is 9.79 Å². The summed E-state index contributed by atoms with van der Waals surface area (Å²) in [5, 5.41) is 1.15. The fourth-order valence-electron chi connectivity index (χ4n) is 2.85. The smallest absolute Gasteiger partial charge is 0.303 e. The molecule has 0 atom stereocenters. The third-order valence-corrected chi connectivity index (χ3v) is 5.37. The van der Waals surface area contributed by atoms with Crippen LogP contribution in [0.5, 0.6) is 0 Å². The summed E-state index contributed by atoms with van der Waals surface area (Å²) in [6.45, 7) is 0.167. The number of unbranched alkanes of at least 4 members (excludes halogenated alkanes) is 15. The Morgan fingerprint density at radius 3 is 1.17 bits per heavy atom. The van der Waals surface area contributed by atoms with Gasteiger partial charge in [0.2, 0.25) is 0 Å². The lowest BCUT2D eigenvalue weighted by atomic mass is 10.0. The molecular formula is C18H38BrO4P. The molecule has 146 valence electrons. The van der Waals surface area contributed by atoms with E-state index >= 15 is 0 Å². The van der Waals surface area contributed by atoms with Crippen molar-refractivity contribution in [2.24, 2.45) is 0 Å². The molecule has 0 spiro atoms. The van der Waals surface area contributed by atoms with Crippen LogP contribution in [-0.4, -0.2) is 21.7 Å². The molecule has 0 aromatic carbocycles. The second-order valence-corrected chi connectivity index (χ2v) is 8.70. The Labute approximate surface area is 157 Å². The van der Waals surface area contributed by atoms with E-state index in [0.717, 1.165) is 24.6 Å². The standard InChI is InChI=1S/C18H38BrO4P/c19-17-15-13-11-9-7-5-3-1-2-4-6-8-10-12-14-16-18-23-24(20,21)22/h1-18H2,(H2,20,21,22). The van der Waals surface area contributed by atoms with Crippen molar-refractivity contribution < 1.29 is 18.9 Å². The highest BCUT2D eigenvalue weighted by atomic mass is 79.9. The van der Waals surface area contributed by atoms with Crippen LogP contribution in [0.3, 0.4) is 0 Å². The normalized spacial score (nSPS) is 12.0. The van der Waals surface area contributed by atoms with Crippen molar-refractivity contribution in [2.75, 3.05) is 11.9 Å². The van der Waals surface area contributed by atoms with Crippen LogP contribution in [0.25, 0.3) is 0 Å². The molecule has 4 nitrogen and oxygen atoms in total. The zero-order valence-electron chi connectivity index (χ0n) is 15.3. The molecule has 2 N–H and O–H groups in total. The van der Waals surface area contributed by atoms with Crippen molar-refractivity contribution in [1.82, 2.24) is 0 Å². The topological polar surface area (TPSA) is 66.8 Å². The summed E-state index contributed by atoms with van der Waals surface area (Å²) in [5.41, 5.74) is 0. The summed E-state index contributed by atoms with van der Waals surface area (Å²) in [6.07, 6.45) is 20.6. The Balaban J connectivity index is 3.02. The Hall–Kier alpha value is 0.590. The van der Waals surface area contributed by atoms with Crippen LogP contribution >= 0.6 is 23.8 Å². The highest BCUT2D eigenvalue weighted by molar-refractivity contribution is 9.09. The predicted octanol–water partition coefficient (Wildman–Crippen LogP) is 6.73. The fourth-order valence-corrected chi connectivity index (χ4v) is 3.62. The molecule has 0 aromatic rings. The van der Waals surface area contributed by atoms with Crippen molar-refractivity contribution in [2.45, 2.75) is 103 Å². The lowest BCUT2D eigenvalue weighted by Crippen LogP contribution is -1.92. The molecule has 0 fully saturated rings. The van der Waals surface area contributed by atoms with Gasteiger partial charge in [-0.1, -0.05) is 106 Å². The van der Waals surface area contributed by atoms with Gasteiger partial charge in [-0.3, -0.25) is 4.52 Å². The van der Waals surface area contributed by atoms with Gasteiger partial charge in [-0.2, -0.15) is 0 Å². The number of phosphoric acid groups is 1. The summed E-state index contributed by atoms with van der Waals surface area (Å²) in [4.78, 5) is 17.1. The van der Waals surface area contributed by atoms with E-state index in [2.05, 4.69) is 20.5 Å². The Bertz CT molecular complexity index is 297. The average Bonchev–Trinajstić information content (AvgIpc) is 2.52. The Morgan fingerprint density at radius 1 is 0.583 bits per heavy atom. The van der Waals surface area contributed by atoms with Gasteiger partial charge in [0.25, 0.3) is 0 Å². The monoisotopic (exact) mass is 428 g/mol. The average molecular weight is 429 g/mol. The lowest BCUT2D eigenvalue weighted by molar-refractivity contribution is 0.193. The first-order chi connectivity index (χ1) is 11.6. The molecule has 0 aliphatic carbocycles. The van der Waals surface area contributed by atoms with Crippen molar-refractivity contribution in [3.8, 4) is 0 Å². The second-order valence-electron chi connectivity index (χ2n) is 6.67. The number of phosphoric ester groups is 1. The van der Waals surface area contributed by atoms with Gasteiger partial charge in [-0.05, 0) is 12.8 Å². The van der Waals surface area contributed by atoms with E-state index < -0.39 is 7.82 Å². The number of rotatable bonds is 19. The molecule has 0 saturated carbocycles. The molecule has 0 amide bonds.